The van der Waals surface area contributed by atoms with Crippen molar-refractivity contribution in [2.24, 2.45) is 4.99 Å². The zero-order valence-corrected chi connectivity index (χ0v) is 28.5. The Kier molecular flexibility index (Phi) is 8.46. The molecule has 2 heterocycles. The highest BCUT2D eigenvalue weighted by Gasteiger charge is 2.71. The smallest absolute Gasteiger partial charge is 0.331 e. The number of hydrogen-bond acceptors (Lipinski definition) is 5. The first-order chi connectivity index (χ1) is 18.4. The Hall–Kier alpha value is -1.17. The van der Waals surface area contributed by atoms with E-state index in [4.69, 9.17) is 16.3 Å². The highest BCUT2D eigenvalue weighted by atomic mass is 79.9. The lowest BCUT2D eigenvalue weighted by Crippen LogP contribution is -2.70. The van der Waals surface area contributed by atoms with Gasteiger partial charge in [-0.25, -0.2) is 9.79 Å². The summed E-state index contributed by atoms with van der Waals surface area (Å²) >= 11 is 22.2. The molecule has 39 heavy (non-hydrogen) atoms. The van der Waals surface area contributed by atoms with E-state index in [2.05, 4.69) is 68.7 Å². The predicted octanol–water partition coefficient (Wildman–Crippen LogP) is 8.45. The van der Waals surface area contributed by atoms with E-state index in [1.165, 1.54) is 11.8 Å². The summed E-state index contributed by atoms with van der Waals surface area (Å²) in [4.78, 5) is 33.6. The van der Waals surface area contributed by atoms with Gasteiger partial charge in [-0.05, 0) is 84.9 Å². The van der Waals surface area contributed by atoms with Crippen molar-refractivity contribution in [3.63, 3.8) is 0 Å². The van der Waals surface area contributed by atoms with Crippen molar-refractivity contribution in [2.45, 2.75) is 40.6 Å². The van der Waals surface area contributed by atoms with Crippen molar-refractivity contribution in [3.8, 4) is 0 Å². The van der Waals surface area contributed by atoms with Crippen molar-refractivity contribution in [1.82, 2.24) is 4.90 Å². The van der Waals surface area contributed by atoms with Crippen LogP contribution in [0.25, 0.3) is 0 Å². The number of halogens is 5. The number of hydrogen-bond donors (Lipinski definition) is 0. The van der Waals surface area contributed by atoms with Crippen LogP contribution in [0.2, 0.25) is 0 Å². The molecule has 11 heteroatoms. The number of carbonyl (C=O) groups excluding carboxylic acids is 2. The maximum absolute atomic E-state index is 13.8. The molecule has 5 nitrogen and oxygen atoms in total. The van der Waals surface area contributed by atoms with Crippen molar-refractivity contribution >= 4 is 104 Å². The maximum atomic E-state index is 13.8. The number of fused-ring (bicyclic) bond motifs is 1. The lowest BCUT2D eigenvalue weighted by atomic mass is 9.95. The number of amides is 1. The van der Waals surface area contributed by atoms with Gasteiger partial charge in [-0.2, -0.15) is 0 Å². The second-order valence-electron chi connectivity index (χ2n) is 9.65. The van der Waals surface area contributed by atoms with E-state index in [0.29, 0.717) is 14.5 Å². The third-order valence-corrected chi connectivity index (χ3v) is 11.5. The number of benzene rings is 3. The summed E-state index contributed by atoms with van der Waals surface area (Å²) in [6.45, 7) is 3.88. The first-order valence-corrected chi connectivity index (χ1v) is 16.3. The molecule has 0 aliphatic carbocycles. The standard InChI is InChI=1S/C28H21Br4ClN2O3S/c1-27(2)22(24(36)38-21(15-9-5-3-6-10-15)16-11-7-4-8-12-16)35-25(37)28(32,26(35)39-27)34-23(33)20-18(30)13-17(29)14-19(20)31/h3-14,21-22,26H,1-2H3/b34-23-/t22-,26+,28?/m0/s1. The largest absolute Gasteiger partial charge is 0.451 e. The normalized spacial score (nSPS) is 23.9. The molecule has 0 spiro atoms. The average molecular weight is 821 g/mol. The van der Waals surface area contributed by atoms with Crippen LogP contribution in [0.4, 0.5) is 0 Å². The van der Waals surface area contributed by atoms with E-state index in [1.807, 2.05) is 86.6 Å². The minimum atomic E-state index is -1.31. The van der Waals surface area contributed by atoms with E-state index in [1.54, 1.807) is 4.90 Å². The van der Waals surface area contributed by atoms with Gasteiger partial charge in [0.25, 0.3) is 5.91 Å². The lowest BCUT2D eigenvalue weighted by Gasteiger charge is -2.47. The monoisotopic (exact) mass is 816 g/mol. The average Bonchev–Trinajstić information content (AvgIpc) is 3.16. The molecule has 3 aromatic carbocycles. The minimum absolute atomic E-state index is 0.156. The molecule has 2 aliphatic heterocycles. The second kappa shape index (κ2) is 11.2. The van der Waals surface area contributed by atoms with Crippen LogP contribution in [0.3, 0.4) is 0 Å². The van der Waals surface area contributed by atoms with Gasteiger partial charge in [-0.15, -0.1) is 11.8 Å². The van der Waals surface area contributed by atoms with Crippen molar-refractivity contribution in [2.75, 3.05) is 0 Å². The minimum Gasteiger partial charge on any atom is -0.451 e. The van der Waals surface area contributed by atoms with E-state index in [-0.39, 0.29) is 11.1 Å². The Labute approximate surface area is 269 Å². The summed E-state index contributed by atoms with van der Waals surface area (Å²) in [6.07, 6.45) is -0.607. The van der Waals surface area contributed by atoms with Gasteiger partial charge in [0.1, 0.15) is 16.6 Å². The zero-order chi connectivity index (χ0) is 28.1. The molecule has 3 atom stereocenters. The molecule has 0 radical (unpaired) electrons. The van der Waals surface area contributed by atoms with Gasteiger partial charge in [-0.3, -0.25) is 4.79 Å². The summed E-state index contributed by atoms with van der Waals surface area (Å²) in [6, 6.07) is 22.1. The summed E-state index contributed by atoms with van der Waals surface area (Å²) < 4.78 is 6.50. The van der Waals surface area contributed by atoms with Gasteiger partial charge >= 0.3 is 5.97 Å². The highest BCUT2D eigenvalue weighted by Crippen LogP contribution is 2.59. The molecule has 0 bridgehead atoms. The van der Waals surface area contributed by atoms with Crippen LogP contribution in [0, 0.1) is 0 Å². The van der Waals surface area contributed by atoms with Crippen LogP contribution in [-0.2, 0) is 14.3 Å². The molecule has 2 fully saturated rings. The molecule has 2 aliphatic rings. The molecule has 1 amide bonds. The van der Waals surface area contributed by atoms with Crippen LogP contribution in [0.5, 0.6) is 0 Å². The first-order valence-electron chi connectivity index (χ1n) is 11.8. The molecule has 3 aromatic rings. The molecule has 2 saturated heterocycles. The number of thioether (sulfide) groups is 1. The molecular weight excluding hydrogens is 799 g/mol. The SMILES string of the molecule is CC1(C)S[C@H]2N(C(=O)C2(Br)/N=C(\Cl)c2c(Br)cc(Br)cc2Br)[C@H]1C(=O)OC(c1ccccc1)c1ccccc1. The third kappa shape index (κ3) is 5.42. The summed E-state index contributed by atoms with van der Waals surface area (Å²) in [5.74, 6) is -0.810. The Balaban J connectivity index is 1.44. The van der Waals surface area contributed by atoms with E-state index >= 15 is 0 Å². The molecule has 0 saturated carbocycles. The van der Waals surface area contributed by atoms with E-state index in [9.17, 15) is 9.59 Å². The molecule has 202 valence electrons. The summed E-state index contributed by atoms with van der Waals surface area (Å²) in [5.41, 5.74) is 2.32. The van der Waals surface area contributed by atoms with Crippen LogP contribution in [0.1, 0.15) is 36.6 Å². The van der Waals surface area contributed by atoms with Crippen LogP contribution >= 0.6 is 87.1 Å². The van der Waals surface area contributed by atoms with Gasteiger partial charge in [0.2, 0.25) is 4.45 Å². The first kappa shape index (κ1) is 29.3. The quantitative estimate of drug-likeness (QED) is 0.0825. The molecular formula is C28H21Br4ClN2O3S. The lowest BCUT2D eigenvalue weighted by molar-refractivity contribution is -0.166. The van der Waals surface area contributed by atoms with Gasteiger partial charge in [0, 0.05) is 23.7 Å². The number of ether oxygens (including phenoxy) is 1. The fourth-order valence-electron chi connectivity index (χ4n) is 4.79. The van der Waals surface area contributed by atoms with Crippen LogP contribution < -0.4 is 0 Å². The number of esters is 1. The fourth-order valence-corrected chi connectivity index (χ4v) is 10.5. The van der Waals surface area contributed by atoms with Gasteiger partial charge in [-0.1, -0.05) is 88.2 Å². The van der Waals surface area contributed by atoms with Crippen molar-refractivity contribution in [1.29, 1.82) is 0 Å². The summed E-state index contributed by atoms with van der Waals surface area (Å²) in [5, 5.41) is -0.296. The topological polar surface area (TPSA) is 59.0 Å². The Morgan fingerprint density at radius 2 is 1.51 bits per heavy atom. The highest BCUT2D eigenvalue weighted by molar-refractivity contribution is 9.11. The summed E-state index contributed by atoms with van der Waals surface area (Å²) in [7, 11) is 0. The number of rotatable bonds is 6. The molecule has 5 rings (SSSR count). The Morgan fingerprint density at radius 1 is 1.00 bits per heavy atom. The van der Waals surface area contributed by atoms with Gasteiger partial charge < -0.3 is 9.64 Å². The Bertz CT molecular complexity index is 1410. The number of nitrogens with zero attached hydrogens (tertiary/aromatic N) is 2. The molecule has 0 N–H and O–H groups in total. The number of β-lactam (4-membered cyclic amide) rings is 1. The van der Waals surface area contributed by atoms with Crippen molar-refractivity contribution < 1.29 is 14.3 Å². The predicted molar refractivity (Wildman–Crippen MR) is 171 cm³/mol. The molecule has 1 unspecified atom stereocenters. The number of aliphatic imine (C=N–C) groups is 1. The Morgan fingerprint density at radius 3 is 2.03 bits per heavy atom. The van der Waals surface area contributed by atoms with Crippen LogP contribution in [-0.4, -0.2) is 42.6 Å². The van der Waals surface area contributed by atoms with Gasteiger partial charge in [0.05, 0.1) is 0 Å². The zero-order valence-electron chi connectivity index (χ0n) is 20.6. The molecule has 0 aromatic heterocycles. The number of alkyl halides is 1. The van der Waals surface area contributed by atoms with Gasteiger partial charge in [0.15, 0.2) is 6.10 Å². The van der Waals surface area contributed by atoms with E-state index < -0.39 is 32.7 Å². The fraction of sp³-hybridized carbons (Fsp3) is 0.250. The van der Waals surface area contributed by atoms with Crippen molar-refractivity contribution in [3.05, 3.63) is 103 Å². The number of carbonyl (C=O) groups is 2. The van der Waals surface area contributed by atoms with E-state index in [0.717, 1.165) is 15.6 Å². The third-order valence-electron chi connectivity index (χ3n) is 6.60. The maximum Gasteiger partial charge on any atom is 0.331 e. The second-order valence-corrected chi connectivity index (χ2v) is 15.6. The van der Waals surface area contributed by atoms with Crippen LogP contribution in [0.15, 0.2) is 91.2 Å².